The molecule has 0 spiro atoms. The Hall–Kier alpha value is -0.610. The second kappa shape index (κ2) is 5.19. The van der Waals surface area contributed by atoms with Gasteiger partial charge in [0, 0.05) is 26.7 Å². The van der Waals surface area contributed by atoms with Crippen molar-refractivity contribution in [3.05, 3.63) is 11.1 Å². The Kier molecular flexibility index (Phi) is 4.18. The average molecular weight is 204 g/mol. The van der Waals surface area contributed by atoms with E-state index in [1.165, 1.54) is 0 Å². The van der Waals surface area contributed by atoms with Crippen LogP contribution >= 0.6 is 11.6 Å². The van der Waals surface area contributed by atoms with Gasteiger partial charge < -0.3 is 9.30 Å². The molecule has 5 heteroatoms. The SMILES string of the molecule is CCc1nnc(Cl)n1CCCOC. The van der Waals surface area contributed by atoms with E-state index in [0.29, 0.717) is 5.28 Å². The number of ether oxygens (including phenoxy) is 1. The molecule has 0 aliphatic heterocycles. The number of methoxy groups -OCH3 is 1. The number of nitrogens with zero attached hydrogens (tertiary/aromatic N) is 3. The van der Waals surface area contributed by atoms with E-state index in [1.807, 2.05) is 11.5 Å². The third-order valence-electron chi connectivity index (χ3n) is 1.83. The molecule has 13 heavy (non-hydrogen) atoms. The summed E-state index contributed by atoms with van der Waals surface area (Å²) in [5.74, 6) is 0.932. The van der Waals surface area contributed by atoms with Gasteiger partial charge >= 0.3 is 0 Å². The molecule has 1 aromatic heterocycles. The van der Waals surface area contributed by atoms with Crippen LogP contribution in [0.2, 0.25) is 5.28 Å². The molecule has 0 aliphatic rings. The summed E-state index contributed by atoms with van der Waals surface area (Å²) in [7, 11) is 1.69. The van der Waals surface area contributed by atoms with E-state index >= 15 is 0 Å². The molecule has 0 atom stereocenters. The van der Waals surface area contributed by atoms with Crippen molar-refractivity contribution < 1.29 is 4.74 Å². The van der Waals surface area contributed by atoms with Crippen molar-refractivity contribution in [1.82, 2.24) is 14.8 Å². The fourth-order valence-electron chi connectivity index (χ4n) is 1.16. The van der Waals surface area contributed by atoms with Gasteiger partial charge in [-0.2, -0.15) is 0 Å². The van der Waals surface area contributed by atoms with Gasteiger partial charge in [0.25, 0.3) is 0 Å². The first kappa shape index (κ1) is 10.5. The fourth-order valence-corrected chi connectivity index (χ4v) is 1.38. The highest BCUT2D eigenvalue weighted by atomic mass is 35.5. The number of rotatable bonds is 5. The van der Waals surface area contributed by atoms with Crippen molar-refractivity contribution in [2.75, 3.05) is 13.7 Å². The minimum absolute atomic E-state index is 0.466. The minimum Gasteiger partial charge on any atom is -0.385 e. The van der Waals surface area contributed by atoms with Crippen LogP contribution in [0.25, 0.3) is 0 Å². The monoisotopic (exact) mass is 203 g/mol. The van der Waals surface area contributed by atoms with Gasteiger partial charge in [0.15, 0.2) is 0 Å². The molecule has 74 valence electrons. The summed E-state index contributed by atoms with van der Waals surface area (Å²) in [6, 6.07) is 0. The summed E-state index contributed by atoms with van der Waals surface area (Å²) in [5, 5.41) is 8.22. The van der Waals surface area contributed by atoms with Gasteiger partial charge in [0.1, 0.15) is 5.82 Å². The molecule has 0 radical (unpaired) electrons. The van der Waals surface area contributed by atoms with E-state index in [0.717, 1.165) is 31.8 Å². The van der Waals surface area contributed by atoms with Crippen LogP contribution in [-0.2, 0) is 17.7 Å². The van der Waals surface area contributed by atoms with E-state index in [-0.39, 0.29) is 0 Å². The van der Waals surface area contributed by atoms with E-state index in [2.05, 4.69) is 10.2 Å². The largest absolute Gasteiger partial charge is 0.385 e. The predicted octanol–water partition coefficient (Wildman–Crippen LogP) is 1.53. The molecular weight excluding hydrogens is 190 g/mol. The molecule has 0 aliphatic carbocycles. The molecule has 4 nitrogen and oxygen atoms in total. The van der Waals surface area contributed by atoms with Gasteiger partial charge in [-0.05, 0) is 18.0 Å². The van der Waals surface area contributed by atoms with Crippen molar-refractivity contribution in [2.45, 2.75) is 26.3 Å². The Morgan fingerprint density at radius 2 is 2.23 bits per heavy atom. The number of hydrogen-bond acceptors (Lipinski definition) is 3. The number of halogens is 1. The first-order valence-electron chi connectivity index (χ1n) is 4.36. The van der Waals surface area contributed by atoms with Crippen LogP contribution in [0.4, 0.5) is 0 Å². The second-order valence-electron chi connectivity index (χ2n) is 2.74. The minimum atomic E-state index is 0.466. The highest BCUT2D eigenvalue weighted by Gasteiger charge is 2.06. The molecule has 0 bridgehead atoms. The van der Waals surface area contributed by atoms with Crippen LogP contribution in [0.3, 0.4) is 0 Å². The van der Waals surface area contributed by atoms with E-state index in [9.17, 15) is 0 Å². The number of aryl methyl sites for hydroxylation is 1. The standard InChI is InChI=1S/C8H14ClN3O/c1-3-7-10-11-8(9)12(7)5-4-6-13-2/h3-6H2,1-2H3. The summed E-state index contributed by atoms with van der Waals surface area (Å²) >= 11 is 5.85. The fraction of sp³-hybridized carbons (Fsp3) is 0.750. The zero-order valence-electron chi connectivity index (χ0n) is 7.96. The summed E-state index contributed by atoms with van der Waals surface area (Å²) in [6.45, 7) is 3.59. The van der Waals surface area contributed by atoms with Crippen LogP contribution in [0, 0.1) is 0 Å². The Morgan fingerprint density at radius 3 is 2.85 bits per heavy atom. The lowest BCUT2D eigenvalue weighted by atomic mass is 10.4. The second-order valence-corrected chi connectivity index (χ2v) is 3.07. The quantitative estimate of drug-likeness (QED) is 0.682. The van der Waals surface area contributed by atoms with Crippen molar-refractivity contribution in [1.29, 1.82) is 0 Å². The molecule has 0 N–H and O–H groups in total. The van der Waals surface area contributed by atoms with E-state index in [1.54, 1.807) is 7.11 Å². The molecule has 0 amide bonds. The van der Waals surface area contributed by atoms with Crippen LogP contribution < -0.4 is 0 Å². The first-order chi connectivity index (χ1) is 6.29. The van der Waals surface area contributed by atoms with E-state index in [4.69, 9.17) is 16.3 Å². The molecule has 0 saturated heterocycles. The molecular formula is C8H14ClN3O. The maximum absolute atomic E-state index is 5.85. The van der Waals surface area contributed by atoms with Gasteiger partial charge in [0.2, 0.25) is 5.28 Å². The maximum Gasteiger partial charge on any atom is 0.225 e. The highest BCUT2D eigenvalue weighted by molar-refractivity contribution is 6.28. The highest BCUT2D eigenvalue weighted by Crippen LogP contribution is 2.09. The molecule has 0 saturated carbocycles. The summed E-state index contributed by atoms with van der Waals surface area (Å²) in [5.41, 5.74) is 0. The number of hydrogen-bond donors (Lipinski definition) is 0. The van der Waals surface area contributed by atoms with Crippen LogP contribution in [0.15, 0.2) is 0 Å². The smallest absolute Gasteiger partial charge is 0.225 e. The topological polar surface area (TPSA) is 39.9 Å². The third-order valence-corrected chi connectivity index (χ3v) is 2.11. The predicted molar refractivity (Wildman–Crippen MR) is 50.9 cm³/mol. The summed E-state index contributed by atoms with van der Waals surface area (Å²) < 4.78 is 6.87. The molecule has 1 rings (SSSR count). The van der Waals surface area contributed by atoms with Crippen molar-refractivity contribution in [3.63, 3.8) is 0 Å². The first-order valence-corrected chi connectivity index (χ1v) is 4.74. The van der Waals surface area contributed by atoms with Crippen molar-refractivity contribution >= 4 is 11.6 Å². The van der Waals surface area contributed by atoms with Crippen molar-refractivity contribution in [2.24, 2.45) is 0 Å². The van der Waals surface area contributed by atoms with Gasteiger partial charge in [-0.3, -0.25) is 0 Å². The Labute approximate surface area is 82.9 Å². The summed E-state index contributed by atoms with van der Waals surface area (Å²) in [4.78, 5) is 0. The van der Waals surface area contributed by atoms with Crippen LogP contribution in [0.1, 0.15) is 19.2 Å². The van der Waals surface area contributed by atoms with Gasteiger partial charge in [0.05, 0.1) is 0 Å². The molecule has 0 fully saturated rings. The van der Waals surface area contributed by atoms with E-state index < -0.39 is 0 Å². The van der Waals surface area contributed by atoms with Gasteiger partial charge in [-0.15, -0.1) is 10.2 Å². The molecule has 0 aromatic carbocycles. The lowest BCUT2D eigenvalue weighted by Crippen LogP contribution is -2.05. The Bertz CT molecular complexity index is 262. The summed E-state index contributed by atoms with van der Waals surface area (Å²) in [6.07, 6.45) is 1.79. The van der Waals surface area contributed by atoms with Crippen LogP contribution in [-0.4, -0.2) is 28.5 Å². The zero-order valence-corrected chi connectivity index (χ0v) is 8.71. The average Bonchev–Trinajstić information content (AvgIpc) is 2.48. The Balaban J connectivity index is 2.57. The molecule has 1 heterocycles. The normalized spacial score (nSPS) is 10.7. The van der Waals surface area contributed by atoms with Gasteiger partial charge in [-0.1, -0.05) is 6.92 Å². The Morgan fingerprint density at radius 1 is 1.46 bits per heavy atom. The van der Waals surface area contributed by atoms with Crippen LogP contribution in [0.5, 0.6) is 0 Å². The lowest BCUT2D eigenvalue weighted by Gasteiger charge is -2.05. The maximum atomic E-state index is 5.85. The lowest BCUT2D eigenvalue weighted by molar-refractivity contribution is 0.190. The third kappa shape index (κ3) is 2.67. The molecule has 1 aromatic rings. The van der Waals surface area contributed by atoms with Crippen molar-refractivity contribution in [3.8, 4) is 0 Å². The van der Waals surface area contributed by atoms with Gasteiger partial charge in [-0.25, -0.2) is 0 Å². The number of aromatic nitrogens is 3. The zero-order chi connectivity index (χ0) is 9.68. The molecule has 0 unspecified atom stereocenters.